The molecule has 2 aromatic rings. The van der Waals surface area contributed by atoms with E-state index < -0.39 is 5.97 Å². The molecule has 2 heterocycles. The van der Waals surface area contributed by atoms with Crippen molar-refractivity contribution < 1.29 is 9.90 Å². The topological polar surface area (TPSA) is 88.0 Å². The first-order valence-corrected chi connectivity index (χ1v) is 5.37. The van der Waals surface area contributed by atoms with Crippen LogP contribution in [0.4, 0.5) is 5.95 Å². The number of aromatic nitrogens is 3. The Kier molecular flexibility index (Phi) is 3.47. The number of anilines is 1. The molecule has 0 aliphatic carbocycles. The Morgan fingerprint density at radius 1 is 1.33 bits per heavy atom. The lowest BCUT2D eigenvalue weighted by molar-refractivity contribution is 0.0696. The van der Waals surface area contributed by atoms with Crippen molar-refractivity contribution in [1.29, 1.82) is 0 Å². The zero-order valence-electron chi connectivity index (χ0n) is 9.79. The Hall–Kier alpha value is -2.50. The minimum absolute atomic E-state index is 0.215. The highest BCUT2D eigenvalue weighted by Gasteiger charge is 2.04. The lowest BCUT2D eigenvalue weighted by Gasteiger charge is -2.05. The fourth-order valence-corrected chi connectivity index (χ4v) is 1.41. The summed E-state index contributed by atoms with van der Waals surface area (Å²) in [6.07, 6.45) is 3.13. The van der Waals surface area contributed by atoms with Crippen LogP contribution in [0.2, 0.25) is 0 Å². The lowest BCUT2D eigenvalue weighted by atomic mass is 10.2. The van der Waals surface area contributed by atoms with E-state index in [4.69, 9.17) is 5.11 Å². The number of nitrogens with zero attached hydrogens (tertiary/aromatic N) is 3. The molecule has 0 unspecified atom stereocenters. The Morgan fingerprint density at radius 2 is 2.11 bits per heavy atom. The van der Waals surface area contributed by atoms with Crippen LogP contribution >= 0.6 is 0 Å². The largest absolute Gasteiger partial charge is 0.478 e. The van der Waals surface area contributed by atoms with Gasteiger partial charge in [-0.05, 0) is 25.1 Å². The molecule has 0 radical (unpaired) electrons. The molecule has 0 saturated heterocycles. The summed E-state index contributed by atoms with van der Waals surface area (Å²) in [4.78, 5) is 23.1. The van der Waals surface area contributed by atoms with Gasteiger partial charge in [-0.15, -0.1) is 0 Å². The second-order valence-electron chi connectivity index (χ2n) is 3.72. The van der Waals surface area contributed by atoms with E-state index >= 15 is 0 Å². The highest BCUT2D eigenvalue weighted by atomic mass is 16.4. The van der Waals surface area contributed by atoms with Crippen molar-refractivity contribution in [3.05, 3.63) is 47.5 Å². The van der Waals surface area contributed by atoms with Crippen LogP contribution < -0.4 is 5.32 Å². The molecule has 0 aliphatic heterocycles. The van der Waals surface area contributed by atoms with Gasteiger partial charge in [0, 0.05) is 18.1 Å². The zero-order valence-corrected chi connectivity index (χ0v) is 9.79. The molecule has 2 N–H and O–H groups in total. The third-order valence-corrected chi connectivity index (χ3v) is 2.29. The van der Waals surface area contributed by atoms with Crippen LogP contribution in [0.15, 0.2) is 30.6 Å². The van der Waals surface area contributed by atoms with Crippen molar-refractivity contribution in [3.63, 3.8) is 0 Å². The molecule has 0 aromatic carbocycles. The number of rotatable bonds is 4. The van der Waals surface area contributed by atoms with Gasteiger partial charge in [-0.1, -0.05) is 0 Å². The molecule has 2 rings (SSSR count). The Morgan fingerprint density at radius 3 is 2.83 bits per heavy atom. The summed E-state index contributed by atoms with van der Waals surface area (Å²) in [5, 5.41) is 11.8. The fourth-order valence-electron chi connectivity index (χ4n) is 1.41. The number of hydrogen-bond donors (Lipinski definition) is 2. The number of hydrogen-bond acceptors (Lipinski definition) is 5. The molecule has 0 bridgehead atoms. The first-order valence-electron chi connectivity index (χ1n) is 5.37. The fraction of sp³-hybridized carbons (Fsp3) is 0.167. The van der Waals surface area contributed by atoms with Gasteiger partial charge >= 0.3 is 5.97 Å². The summed E-state index contributed by atoms with van der Waals surface area (Å²) in [5.41, 5.74) is 1.70. The maximum Gasteiger partial charge on any atom is 0.335 e. The van der Waals surface area contributed by atoms with Crippen molar-refractivity contribution in [2.24, 2.45) is 0 Å². The normalized spacial score (nSPS) is 10.1. The van der Waals surface area contributed by atoms with Crippen LogP contribution in [0.25, 0.3) is 0 Å². The number of nitrogens with one attached hydrogen (secondary N) is 1. The Bertz CT molecular complexity index is 572. The van der Waals surface area contributed by atoms with Crippen LogP contribution in [-0.2, 0) is 6.54 Å². The first kappa shape index (κ1) is 12.0. The van der Waals surface area contributed by atoms with Gasteiger partial charge in [0.1, 0.15) is 0 Å². The van der Waals surface area contributed by atoms with Gasteiger partial charge in [0.2, 0.25) is 5.95 Å². The van der Waals surface area contributed by atoms with Crippen molar-refractivity contribution in [3.8, 4) is 0 Å². The quantitative estimate of drug-likeness (QED) is 0.847. The van der Waals surface area contributed by atoms with Gasteiger partial charge in [-0.3, -0.25) is 4.98 Å². The van der Waals surface area contributed by atoms with Crippen LogP contribution in [-0.4, -0.2) is 26.0 Å². The molecule has 6 nitrogen and oxygen atoms in total. The third-order valence-electron chi connectivity index (χ3n) is 2.29. The second kappa shape index (κ2) is 5.22. The van der Waals surface area contributed by atoms with Crippen molar-refractivity contribution in [2.45, 2.75) is 13.5 Å². The maximum absolute atomic E-state index is 10.8. The number of aryl methyl sites for hydroxylation is 1. The molecule has 18 heavy (non-hydrogen) atoms. The van der Waals surface area contributed by atoms with Crippen molar-refractivity contribution in [1.82, 2.24) is 15.0 Å². The van der Waals surface area contributed by atoms with E-state index in [0.717, 1.165) is 5.69 Å². The van der Waals surface area contributed by atoms with Gasteiger partial charge < -0.3 is 10.4 Å². The second-order valence-corrected chi connectivity index (χ2v) is 3.72. The van der Waals surface area contributed by atoms with Crippen LogP contribution in [0.1, 0.15) is 21.7 Å². The molecule has 0 spiro atoms. The molecule has 0 atom stereocenters. The molecule has 92 valence electrons. The van der Waals surface area contributed by atoms with E-state index in [1.807, 2.05) is 6.92 Å². The zero-order chi connectivity index (χ0) is 13.0. The third kappa shape index (κ3) is 3.00. The number of pyridine rings is 1. The number of aromatic carboxylic acids is 1. The standard InChI is InChI=1S/C12H12N4O2/c1-8-2-4-14-12(16-8)15-7-10-6-9(11(17)18)3-5-13-10/h2-6H,7H2,1H3,(H,17,18)(H,14,15,16). The van der Waals surface area contributed by atoms with Crippen LogP contribution in [0, 0.1) is 6.92 Å². The van der Waals surface area contributed by atoms with E-state index in [9.17, 15) is 4.79 Å². The van der Waals surface area contributed by atoms with Crippen LogP contribution in [0.5, 0.6) is 0 Å². The van der Waals surface area contributed by atoms with E-state index in [0.29, 0.717) is 18.2 Å². The van der Waals surface area contributed by atoms with Gasteiger partial charge in [0.05, 0.1) is 17.8 Å². The lowest BCUT2D eigenvalue weighted by Crippen LogP contribution is -2.07. The number of carboxylic acid groups (broad SMARTS) is 1. The van der Waals surface area contributed by atoms with Gasteiger partial charge in [-0.25, -0.2) is 14.8 Å². The SMILES string of the molecule is Cc1ccnc(NCc2cc(C(=O)O)ccn2)n1. The minimum Gasteiger partial charge on any atom is -0.478 e. The summed E-state index contributed by atoms with van der Waals surface area (Å²) >= 11 is 0. The molecular weight excluding hydrogens is 232 g/mol. The van der Waals surface area contributed by atoms with Gasteiger partial charge in [-0.2, -0.15) is 0 Å². The average Bonchev–Trinajstić information content (AvgIpc) is 2.37. The highest BCUT2D eigenvalue weighted by Crippen LogP contribution is 2.05. The Balaban J connectivity index is 2.06. The molecular formula is C12H12N4O2. The molecule has 2 aromatic heterocycles. The number of carboxylic acids is 1. The van der Waals surface area contributed by atoms with E-state index in [1.54, 1.807) is 12.3 Å². The molecule has 0 saturated carbocycles. The minimum atomic E-state index is -0.967. The molecule has 0 fully saturated rings. The summed E-state index contributed by atoms with van der Waals surface area (Å²) in [6, 6.07) is 4.77. The molecule has 0 amide bonds. The first-order chi connectivity index (χ1) is 8.65. The summed E-state index contributed by atoms with van der Waals surface area (Å²) in [5.74, 6) is -0.469. The Labute approximate surface area is 104 Å². The summed E-state index contributed by atoms with van der Waals surface area (Å²) in [7, 11) is 0. The maximum atomic E-state index is 10.8. The van der Waals surface area contributed by atoms with Crippen LogP contribution in [0.3, 0.4) is 0 Å². The van der Waals surface area contributed by atoms with Crippen molar-refractivity contribution >= 4 is 11.9 Å². The van der Waals surface area contributed by atoms with E-state index in [-0.39, 0.29) is 5.56 Å². The predicted molar refractivity (Wildman–Crippen MR) is 65.3 cm³/mol. The summed E-state index contributed by atoms with van der Waals surface area (Å²) in [6.45, 7) is 2.25. The molecule has 6 heteroatoms. The van der Waals surface area contributed by atoms with Crippen molar-refractivity contribution in [2.75, 3.05) is 5.32 Å². The summed E-state index contributed by atoms with van der Waals surface area (Å²) < 4.78 is 0. The number of carbonyl (C=O) groups is 1. The average molecular weight is 244 g/mol. The smallest absolute Gasteiger partial charge is 0.335 e. The monoisotopic (exact) mass is 244 g/mol. The highest BCUT2D eigenvalue weighted by molar-refractivity contribution is 5.87. The molecule has 0 aliphatic rings. The van der Waals surface area contributed by atoms with Gasteiger partial charge in [0.25, 0.3) is 0 Å². The van der Waals surface area contributed by atoms with E-state index in [2.05, 4.69) is 20.3 Å². The van der Waals surface area contributed by atoms with Gasteiger partial charge in [0.15, 0.2) is 0 Å². The predicted octanol–water partition coefficient (Wildman–Crippen LogP) is 1.49. The van der Waals surface area contributed by atoms with E-state index in [1.165, 1.54) is 18.3 Å².